The summed E-state index contributed by atoms with van der Waals surface area (Å²) < 4.78 is 5.50. The van der Waals surface area contributed by atoms with Gasteiger partial charge in [0.25, 0.3) is 0 Å². The number of ketones is 2. The van der Waals surface area contributed by atoms with Crippen molar-refractivity contribution in [3.05, 3.63) is 34.9 Å². The van der Waals surface area contributed by atoms with Crippen LogP contribution in [0.4, 0.5) is 0 Å². The normalized spacial score (nSPS) is 17.7. The molecule has 2 N–H and O–H groups in total. The lowest BCUT2D eigenvalue weighted by Crippen LogP contribution is -2.38. The van der Waals surface area contributed by atoms with E-state index in [1.54, 1.807) is 13.8 Å². The lowest BCUT2D eigenvalue weighted by molar-refractivity contribution is -0.154. The van der Waals surface area contributed by atoms with Crippen molar-refractivity contribution in [1.29, 1.82) is 0 Å². The van der Waals surface area contributed by atoms with Crippen LogP contribution in [0.1, 0.15) is 61.3 Å². The van der Waals surface area contributed by atoms with Gasteiger partial charge in [0.15, 0.2) is 11.6 Å². The van der Waals surface area contributed by atoms with Crippen LogP contribution < -0.4 is 0 Å². The predicted molar refractivity (Wildman–Crippen MR) is 95.3 cm³/mol. The van der Waals surface area contributed by atoms with Crippen LogP contribution in [0.3, 0.4) is 0 Å². The van der Waals surface area contributed by atoms with E-state index < -0.39 is 29.6 Å². The number of carbonyl (C=O) groups is 3. The summed E-state index contributed by atoms with van der Waals surface area (Å²) in [5.41, 5.74) is 0.627. The number of carbonyl (C=O) groups excluding carboxylic acids is 3. The van der Waals surface area contributed by atoms with Gasteiger partial charge in [-0.25, -0.2) is 0 Å². The number of fused-ring (bicyclic) bond motifs is 1. The van der Waals surface area contributed by atoms with E-state index in [4.69, 9.17) is 4.74 Å². The summed E-state index contributed by atoms with van der Waals surface area (Å²) in [7, 11) is 0. The van der Waals surface area contributed by atoms with Crippen molar-refractivity contribution in [3.63, 3.8) is 0 Å². The highest BCUT2D eigenvalue weighted by molar-refractivity contribution is 6.17. The molecule has 26 heavy (non-hydrogen) atoms. The quantitative estimate of drug-likeness (QED) is 0.474. The molecular weight excluding hydrogens is 336 g/mol. The monoisotopic (exact) mass is 360 g/mol. The van der Waals surface area contributed by atoms with Crippen molar-refractivity contribution in [2.75, 3.05) is 0 Å². The Morgan fingerprint density at radius 2 is 1.77 bits per heavy atom. The molecule has 2 atom stereocenters. The van der Waals surface area contributed by atoms with Crippen LogP contribution in [-0.4, -0.2) is 33.9 Å². The van der Waals surface area contributed by atoms with Crippen molar-refractivity contribution < 1.29 is 29.3 Å². The molecule has 0 heterocycles. The second kappa shape index (κ2) is 7.72. The molecule has 2 rings (SSSR count). The molecule has 1 aliphatic rings. The number of hydrogen-bond acceptors (Lipinski definition) is 6. The van der Waals surface area contributed by atoms with E-state index in [-0.39, 0.29) is 35.0 Å². The number of aromatic hydroxyl groups is 2. The molecule has 140 valence electrons. The Morgan fingerprint density at radius 1 is 1.19 bits per heavy atom. The second-order valence-electron chi connectivity index (χ2n) is 7.10. The summed E-state index contributed by atoms with van der Waals surface area (Å²) in [5.74, 6) is -3.39. The first-order chi connectivity index (χ1) is 12.1. The molecule has 2 unspecified atom stereocenters. The molecule has 0 saturated heterocycles. The van der Waals surface area contributed by atoms with E-state index in [9.17, 15) is 24.6 Å². The first kappa shape index (κ1) is 19.7. The van der Waals surface area contributed by atoms with Gasteiger partial charge >= 0.3 is 5.97 Å². The molecule has 1 aromatic carbocycles. The highest BCUT2D eigenvalue weighted by Gasteiger charge is 2.42. The first-order valence-corrected chi connectivity index (χ1v) is 8.59. The van der Waals surface area contributed by atoms with Gasteiger partial charge in [-0.15, -0.1) is 0 Å². The number of hydrogen-bond donors (Lipinski definition) is 2. The lowest BCUT2D eigenvalue weighted by atomic mass is 9.77. The molecule has 0 fully saturated rings. The number of ether oxygens (including phenoxy) is 1. The molecule has 6 nitrogen and oxygen atoms in total. The molecule has 1 aromatic rings. The lowest BCUT2D eigenvalue weighted by Gasteiger charge is -2.30. The van der Waals surface area contributed by atoms with Gasteiger partial charge in [0, 0.05) is 12.8 Å². The molecule has 1 aliphatic carbocycles. The SMILES string of the molecule is CC(C)=CCC(OC(=O)C(C)C)C1CC(=O)c2c(O)ccc(O)c2C1=O. The number of Topliss-reactive ketones (excluding diaryl/α,β-unsaturated/α-hetero) is 2. The molecule has 0 aliphatic heterocycles. The molecule has 0 radical (unpaired) electrons. The number of allylic oxidation sites excluding steroid dienone is 1. The fourth-order valence-electron chi connectivity index (χ4n) is 2.92. The van der Waals surface area contributed by atoms with Crippen LogP contribution in [0, 0.1) is 11.8 Å². The first-order valence-electron chi connectivity index (χ1n) is 8.59. The van der Waals surface area contributed by atoms with Crippen molar-refractivity contribution >= 4 is 17.5 Å². The van der Waals surface area contributed by atoms with Crippen LogP contribution >= 0.6 is 0 Å². The largest absolute Gasteiger partial charge is 0.507 e. The van der Waals surface area contributed by atoms with Crippen molar-refractivity contribution in [3.8, 4) is 11.5 Å². The van der Waals surface area contributed by atoms with Crippen LogP contribution in [-0.2, 0) is 9.53 Å². The number of phenols is 2. The maximum absolute atomic E-state index is 12.9. The minimum absolute atomic E-state index is 0.164. The van der Waals surface area contributed by atoms with E-state index >= 15 is 0 Å². The fourth-order valence-corrected chi connectivity index (χ4v) is 2.92. The number of esters is 1. The highest BCUT2D eigenvalue weighted by Crippen LogP contribution is 2.39. The highest BCUT2D eigenvalue weighted by atomic mass is 16.5. The maximum atomic E-state index is 12.9. The molecular formula is C20H24O6. The van der Waals surface area contributed by atoms with Crippen LogP contribution in [0.25, 0.3) is 0 Å². The van der Waals surface area contributed by atoms with Gasteiger partial charge in [0.2, 0.25) is 0 Å². The number of phenolic OH excluding ortho intramolecular Hbond substituents is 2. The summed E-state index contributed by atoms with van der Waals surface area (Å²) in [5, 5.41) is 20.0. The Labute approximate surface area is 152 Å². The molecule has 6 heteroatoms. The standard InChI is InChI=1S/C20H24O6/c1-10(2)5-8-16(26-20(25)11(3)4)12-9-15(23)17-13(21)6-7-14(22)18(17)19(12)24/h5-7,11-12,16,21-22H,8-9H2,1-4H3. The zero-order chi connectivity index (χ0) is 19.6. The predicted octanol–water partition coefficient (Wildman–Crippen LogP) is 3.41. The summed E-state index contributed by atoms with van der Waals surface area (Å²) in [6.07, 6.45) is 1.13. The molecule has 0 aromatic heterocycles. The topological polar surface area (TPSA) is 101 Å². The maximum Gasteiger partial charge on any atom is 0.308 e. The third-order valence-corrected chi connectivity index (χ3v) is 4.37. The summed E-state index contributed by atoms with van der Waals surface area (Å²) in [6.45, 7) is 7.14. The van der Waals surface area contributed by atoms with E-state index in [1.165, 1.54) is 12.1 Å². The summed E-state index contributed by atoms with van der Waals surface area (Å²) in [4.78, 5) is 37.5. The van der Waals surface area contributed by atoms with Crippen molar-refractivity contribution in [1.82, 2.24) is 0 Å². The Balaban J connectivity index is 2.43. The van der Waals surface area contributed by atoms with Crippen LogP contribution in [0.5, 0.6) is 11.5 Å². The molecule has 0 saturated carbocycles. The van der Waals surface area contributed by atoms with Gasteiger partial charge in [-0.1, -0.05) is 25.5 Å². The third kappa shape index (κ3) is 3.95. The van der Waals surface area contributed by atoms with E-state index in [2.05, 4.69) is 0 Å². The summed E-state index contributed by atoms with van der Waals surface area (Å²) >= 11 is 0. The smallest absolute Gasteiger partial charge is 0.308 e. The second-order valence-corrected chi connectivity index (χ2v) is 7.10. The fraction of sp³-hybridized carbons (Fsp3) is 0.450. The molecule has 0 amide bonds. The molecule has 0 bridgehead atoms. The van der Waals surface area contributed by atoms with Crippen molar-refractivity contribution in [2.24, 2.45) is 11.8 Å². The van der Waals surface area contributed by atoms with Gasteiger partial charge in [-0.3, -0.25) is 14.4 Å². The van der Waals surface area contributed by atoms with Crippen LogP contribution in [0.2, 0.25) is 0 Å². The Hall–Kier alpha value is -2.63. The van der Waals surface area contributed by atoms with Gasteiger partial charge < -0.3 is 14.9 Å². The van der Waals surface area contributed by atoms with E-state index in [0.717, 1.165) is 5.57 Å². The number of rotatable bonds is 5. The van der Waals surface area contributed by atoms with Gasteiger partial charge in [0.05, 0.1) is 23.0 Å². The van der Waals surface area contributed by atoms with Crippen LogP contribution in [0.15, 0.2) is 23.8 Å². The Morgan fingerprint density at radius 3 is 2.31 bits per heavy atom. The average Bonchev–Trinajstić information content (AvgIpc) is 2.56. The third-order valence-electron chi connectivity index (χ3n) is 4.37. The van der Waals surface area contributed by atoms with E-state index in [0.29, 0.717) is 6.42 Å². The summed E-state index contributed by atoms with van der Waals surface area (Å²) in [6, 6.07) is 2.35. The minimum Gasteiger partial charge on any atom is -0.507 e. The van der Waals surface area contributed by atoms with Gasteiger partial charge in [0.1, 0.15) is 17.6 Å². The average molecular weight is 360 g/mol. The Bertz CT molecular complexity index is 771. The van der Waals surface area contributed by atoms with Crippen molar-refractivity contribution in [2.45, 2.75) is 46.6 Å². The number of benzene rings is 1. The zero-order valence-corrected chi connectivity index (χ0v) is 15.4. The minimum atomic E-state index is -0.902. The zero-order valence-electron chi connectivity index (χ0n) is 15.4. The van der Waals surface area contributed by atoms with Gasteiger partial charge in [-0.2, -0.15) is 0 Å². The van der Waals surface area contributed by atoms with Gasteiger partial charge in [-0.05, 0) is 26.0 Å². The Kier molecular flexibility index (Phi) is 5.85. The molecule has 0 spiro atoms. The van der Waals surface area contributed by atoms with E-state index in [1.807, 2.05) is 19.9 Å².